The number of benzene rings is 1. The van der Waals surface area contributed by atoms with Gasteiger partial charge in [0.2, 0.25) is 0 Å². The molecule has 3 atom stereocenters. The van der Waals surface area contributed by atoms with Gasteiger partial charge in [0.05, 0.1) is 5.92 Å². The Hall–Kier alpha value is -0.510. The molecule has 0 amide bonds. The molecular formula is C16H20BrF3. The van der Waals surface area contributed by atoms with E-state index < -0.39 is 12.1 Å². The molecule has 4 heteroatoms. The summed E-state index contributed by atoms with van der Waals surface area (Å²) in [6.07, 6.45) is -1.08. The Morgan fingerprint density at radius 3 is 2.70 bits per heavy atom. The van der Waals surface area contributed by atoms with Crippen LogP contribution in [0.5, 0.6) is 0 Å². The Morgan fingerprint density at radius 1 is 1.30 bits per heavy atom. The van der Waals surface area contributed by atoms with Gasteiger partial charge in [0.15, 0.2) is 0 Å². The van der Waals surface area contributed by atoms with Gasteiger partial charge in [0.1, 0.15) is 0 Å². The Morgan fingerprint density at radius 2 is 2.05 bits per heavy atom. The fourth-order valence-electron chi connectivity index (χ4n) is 3.08. The highest BCUT2D eigenvalue weighted by atomic mass is 79.9. The molecule has 0 aliphatic heterocycles. The van der Waals surface area contributed by atoms with E-state index in [-0.39, 0.29) is 17.2 Å². The second kappa shape index (κ2) is 6.50. The number of aryl methyl sites for hydroxylation is 1. The zero-order valence-corrected chi connectivity index (χ0v) is 13.2. The summed E-state index contributed by atoms with van der Waals surface area (Å²) < 4.78 is 38.5. The van der Waals surface area contributed by atoms with Crippen LogP contribution in [-0.2, 0) is 6.42 Å². The number of rotatable bonds is 3. The highest BCUT2D eigenvalue weighted by Crippen LogP contribution is 2.42. The Labute approximate surface area is 126 Å². The fraction of sp³-hybridized carbons (Fsp3) is 0.625. The highest BCUT2D eigenvalue weighted by Gasteiger charge is 2.43. The van der Waals surface area contributed by atoms with Crippen molar-refractivity contribution in [3.8, 4) is 0 Å². The van der Waals surface area contributed by atoms with Crippen molar-refractivity contribution >= 4 is 15.9 Å². The molecule has 0 spiro atoms. The maximum Gasteiger partial charge on any atom is 0.391 e. The van der Waals surface area contributed by atoms with Gasteiger partial charge < -0.3 is 0 Å². The lowest BCUT2D eigenvalue weighted by Crippen LogP contribution is -2.32. The summed E-state index contributed by atoms with van der Waals surface area (Å²) >= 11 is 3.63. The summed E-state index contributed by atoms with van der Waals surface area (Å²) in [7, 11) is 0. The maximum atomic E-state index is 12.8. The van der Waals surface area contributed by atoms with E-state index in [1.807, 2.05) is 25.1 Å². The van der Waals surface area contributed by atoms with Crippen molar-refractivity contribution in [1.29, 1.82) is 0 Å². The first-order chi connectivity index (χ1) is 9.36. The van der Waals surface area contributed by atoms with E-state index in [2.05, 4.69) is 22.0 Å². The van der Waals surface area contributed by atoms with Crippen molar-refractivity contribution < 1.29 is 13.2 Å². The molecule has 1 aliphatic rings. The predicted molar refractivity (Wildman–Crippen MR) is 79.1 cm³/mol. The van der Waals surface area contributed by atoms with Gasteiger partial charge in [-0.1, -0.05) is 52.2 Å². The van der Waals surface area contributed by atoms with Gasteiger partial charge in [-0.3, -0.25) is 0 Å². The molecule has 3 unspecified atom stereocenters. The minimum absolute atomic E-state index is 0.121. The van der Waals surface area contributed by atoms with Crippen molar-refractivity contribution in [2.24, 2.45) is 11.8 Å². The molecule has 0 heterocycles. The molecule has 1 fully saturated rings. The summed E-state index contributed by atoms with van der Waals surface area (Å²) in [6.45, 7) is 2.03. The first-order valence-corrected chi connectivity index (χ1v) is 8.04. The molecule has 0 aromatic heterocycles. The number of alkyl halides is 4. The van der Waals surface area contributed by atoms with Gasteiger partial charge >= 0.3 is 6.18 Å². The molecule has 112 valence electrons. The van der Waals surface area contributed by atoms with Crippen molar-refractivity contribution in [2.45, 2.75) is 50.0 Å². The Bertz CT molecular complexity index is 442. The molecular weight excluding hydrogens is 329 g/mol. The third-order valence-electron chi connectivity index (χ3n) is 4.20. The minimum atomic E-state index is -4.03. The molecule has 0 nitrogen and oxygen atoms in total. The van der Waals surface area contributed by atoms with Crippen molar-refractivity contribution in [2.75, 3.05) is 0 Å². The molecule has 1 aromatic carbocycles. The fourth-order valence-corrected chi connectivity index (χ4v) is 3.94. The summed E-state index contributed by atoms with van der Waals surface area (Å²) in [5.41, 5.74) is 2.39. The van der Waals surface area contributed by atoms with Crippen LogP contribution in [0, 0.1) is 18.8 Å². The summed E-state index contributed by atoms with van der Waals surface area (Å²) in [5, 5.41) is 0. The van der Waals surface area contributed by atoms with E-state index in [1.54, 1.807) is 0 Å². The van der Waals surface area contributed by atoms with Crippen molar-refractivity contribution in [1.82, 2.24) is 0 Å². The Balaban J connectivity index is 1.97. The van der Waals surface area contributed by atoms with E-state index >= 15 is 0 Å². The minimum Gasteiger partial charge on any atom is -0.171 e. The molecule has 1 saturated carbocycles. The lowest BCUT2D eigenvalue weighted by molar-refractivity contribution is -0.185. The second-order valence-corrected chi connectivity index (χ2v) is 7.05. The first kappa shape index (κ1) is 15.9. The van der Waals surface area contributed by atoms with Crippen LogP contribution in [0.4, 0.5) is 13.2 Å². The van der Waals surface area contributed by atoms with Gasteiger partial charge in [0, 0.05) is 4.83 Å². The monoisotopic (exact) mass is 348 g/mol. The molecule has 0 saturated heterocycles. The zero-order valence-electron chi connectivity index (χ0n) is 11.6. The molecule has 0 radical (unpaired) electrons. The van der Waals surface area contributed by atoms with Gasteiger partial charge in [-0.15, -0.1) is 0 Å². The third kappa shape index (κ3) is 4.24. The van der Waals surface area contributed by atoms with E-state index in [0.717, 1.165) is 12.8 Å². The van der Waals surface area contributed by atoms with Gasteiger partial charge in [-0.05, 0) is 44.1 Å². The van der Waals surface area contributed by atoms with Crippen LogP contribution in [0.2, 0.25) is 0 Å². The molecule has 2 rings (SSSR count). The van der Waals surface area contributed by atoms with E-state index in [9.17, 15) is 13.2 Å². The van der Waals surface area contributed by atoms with Crippen LogP contribution < -0.4 is 0 Å². The predicted octanol–water partition coefficient (Wildman–Crippen LogP) is 5.67. The van der Waals surface area contributed by atoms with E-state index in [0.29, 0.717) is 12.8 Å². The smallest absolute Gasteiger partial charge is 0.171 e. The van der Waals surface area contributed by atoms with Crippen LogP contribution in [0.3, 0.4) is 0 Å². The second-order valence-electron chi connectivity index (χ2n) is 5.87. The summed E-state index contributed by atoms with van der Waals surface area (Å²) in [6, 6.07) is 8.19. The molecule has 0 N–H and O–H groups in total. The standard InChI is InChI=1S/C16H20BrF3/c1-11-4-2-5-12(8-11)9-15(17)13-6-3-7-14(10-13)16(18,19)20/h2,4-5,8,13-15H,3,6-7,9-10H2,1H3. The highest BCUT2D eigenvalue weighted by molar-refractivity contribution is 9.09. The van der Waals surface area contributed by atoms with E-state index in [1.165, 1.54) is 11.1 Å². The molecule has 0 bridgehead atoms. The maximum absolute atomic E-state index is 12.8. The van der Waals surface area contributed by atoms with E-state index in [4.69, 9.17) is 0 Å². The SMILES string of the molecule is Cc1cccc(CC(Br)C2CCCC(C(F)(F)F)C2)c1. The number of hydrogen-bond acceptors (Lipinski definition) is 0. The quantitative estimate of drug-likeness (QED) is 0.617. The third-order valence-corrected chi connectivity index (χ3v) is 5.27. The molecule has 1 aromatic rings. The average Bonchev–Trinajstić information content (AvgIpc) is 2.38. The van der Waals surface area contributed by atoms with Crippen molar-refractivity contribution in [3.05, 3.63) is 35.4 Å². The van der Waals surface area contributed by atoms with Gasteiger partial charge in [-0.2, -0.15) is 13.2 Å². The zero-order chi connectivity index (χ0) is 14.8. The van der Waals surface area contributed by atoms with Crippen LogP contribution in [0.1, 0.15) is 36.8 Å². The van der Waals surface area contributed by atoms with Crippen LogP contribution >= 0.6 is 15.9 Å². The number of halogens is 4. The molecule has 20 heavy (non-hydrogen) atoms. The normalized spacial score (nSPS) is 25.4. The van der Waals surface area contributed by atoms with Gasteiger partial charge in [0.25, 0.3) is 0 Å². The number of hydrogen-bond donors (Lipinski definition) is 0. The summed E-state index contributed by atoms with van der Waals surface area (Å²) in [5.74, 6) is -0.991. The van der Waals surface area contributed by atoms with Crippen LogP contribution in [-0.4, -0.2) is 11.0 Å². The summed E-state index contributed by atoms with van der Waals surface area (Å²) in [4.78, 5) is 0.134. The average molecular weight is 349 g/mol. The largest absolute Gasteiger partial charge is 0.391 e. The Kier molecular flexibility index (Phi) is 5.16. The van der Waals surface area contributed by atoms with Crippen LogP contribution in [0.25, 0.3) is 0 Å². The first-order valence-electron chi connectivity index (χ1n) is 7.12. The topological polar surface area (TPSA) is 0 Å². The lowest BCUT2D eigenvalue weighted by Gasteiger charge is -2.33. The van der Waals surface area contributed by atoms with Crippen molar-refractivity contribution in [3.63, 3.8) is 0 Å². The van der Waals surface area contributed by atoms with Gasteiger partial charge in [-0.25, -0.2) is 0 Å². The molecule has 1 aliphatic carbocycles. The lowest BCUT2D eigenvalue weighted by atomic mass is 9.78. The van der Waals surface area contributed by atoms with Crippen LogP contribution in [0.15, 0.2) is 24.3 Å².